The van der Waals surface area contributed by atoms with Crippen LogP contribution in [-0.4, -0.2) is 47.4 Å². The van der Waals surface area contributed by atoms with E-state index in [1.807, 2.05) is 0 Å². The van der Waals surface area contributed by atoms with Gasteiger partial charge in [-0.05, 0) is 77.0 Å². The van der Waals surface area contributed by atoms with Gasteiger partial charge in [-0.25, -0.2) is 0 Å². The van der Waals surface area contributed by atoms with Crippen LogP contribution in [-0.2, 0) is 14.3 Å². The van der Waals surface area contributed by atoms with E-state index in [9.17, 15) is 19.8 Å². The summed E-state index contributed by atoms with van der Waals surface area (Å²) in [7, 11) is 0. The first-order valence-electron chi connectivity index (χ1n) is 29.1. The average molecular weight is 917 g/mol. The molecule has 0 aliphatic rings. The van der Waals surface area contributed by atoms with Gasteiger partial charge < -0.3 is 20.3 Å². The lowest BCUT2D eigenvalue weighted by atomic mass is 10.0. The number of ether oxygens (including phenoxy) is 1. The summed E-state index contributed by atoms with van der Waals surface area (Å²) in [6.45, 7) is 4.93. The van der Waals surface area contributed by atoms with Crippen molar-refractivity contribution in [2.24, 2.45) is 0 Å². The van der Waals surface area contributed by atoms with E-state index >= 15 is 0 Å². The predicted octanol–water partition coefficient (Wildman–Crippen LogP) is 17.9. The van der Waals surface area contributed by atoms with Gasteiger partial charge in [-0.3, -0.25) is 9.59 Å². The van der Waals surface area contributed by atoms with E-state index in [0.29, 0.717) is 25.9 Å². The van der Waals surface area contributed by atoms with Gasteiger partial charge in [0.05, 0.1) is 25.4 Å². The van der Waals surface area contributed by atoms with Gasteiger partial charge in [0.2, 0.25) is 5.91 Å². The average Bonchev–Trinajstić information content (AvgIpc) is 3.31. The van der Waals surface area contributed by atoms with E-state index < -0.39 is 12.1 Å². The van der Waals surface area contributed by atoms with Crippen LogP contribution in [0.5, 0.6) is 0 Å². The smallest absolute Gasteiger partial charge is 0.305 e. The molecule has 0 aromatic heterocycles. The number of carbonyl (C=O) groups is 2. The number of amides is 1. The Balaban J connectivity index is 3.45. The molecule has 0 radical (unpaired) electrons. The van der Waals surface area contributed by atoms with Gasteiger partial charge in [0.1, 0.15) is 0 Å². The van der Waals surface area contributed by atoms with Crippen molar-refractivity contribution in [1.82, 2.24) is 5.32 Å². The Hall–Kier alpha value is -1.66. The molecular weight excluding hydrogens is 803 g/mol. The highest BCUT2D eigenvalue weighted by molar-refractivity contribution is 5.76. The number of nitrogens with one attached hydrogen (secondary N) is 1. The summed E-state index contributed by atoms with van der Waals surface area (Å²) in [6.07, 6.45) is 65.9. The van der Waals surface area contributed by atoms with Crippen molar-refractivity contribution in [2.75, 3.05) is 13.2 Å². The van der Waals surface area contributed by atoms with Crippen LogP contribution in [0.15, 0.2) is 24.3 Å². The van der Waals surface area contributed by atoms with Gasteiger partial charge in [-0.15, -0.1) is 0 Å². The Bertz CT molecular complexity index is 1010. The van der Waals surface area contributed by atoms with Crippen molar-refractivity contribution in [3.8, 4) is 0 Å². The minimum absolute atomic E-state index is 0.00585. The molecule has 3 N–H and O–H groups in total. The van der Waals surface area contributed by atoms with Crippen LogP contribution in [0.1, 0.15) is 316 Å². The van der Waals surface area contributed by atoms with E-state index in [-0.39, 0.29) is 18.5 Å². The molecule has 0 heterocycles. The van der Waals surface area contributed by atoms with Crippen molar-refractivity contribution in [3.05, 3.63) is 24.3 Å². The number of hydrogen-bond donors (Lipinski definition) is 3. The van der Waals surface area contributed by atoms with Crippen LogP contribution >= 0.6 is 0 Å². The highest BCUT2D eigenvalue weighted by atomic mass is 16.5. The lowest BCUT2D eigenvalue weighted by molar-refractivity contribution is -0.143. The molecule has 6 nitrogen and oxygen atoms in total. The van der Waals surface area contributed by atoms with Crippen LogP contribution in [0.2, 0.25) is 0 Å². The minimum Gasteiger partial charge on any atom is -0.466 e. The summed E-state index contributed by atoms with van der Waals surface area (Å²) in [5.74, 6) is -0.0567. The molecule has 384 valence electrons. The molecule has 65 heavy (non-hydrogen) atoms. The van der Waals surface area contributed by atoms with Gasteiger partial charge in [0.25, 0.3) is 0 Å². The highest BCUT2D eigenvalue weighted by Crippen LogP contribution is 2.17. The number of unbranched alkanes of at least 4 members (excludes halogenated alkanes) is 39. The number of esters is 1. The molecule has 6 heteroatoms. The first kappa shape index (κ1) is 63.3. The second-order valence-electron chi connectivity index (χ2n) is 20.0. The second-order valence-corrected chi connectivity index (χ2v) is 20.0. The SMILES string of the molecule is CCCCCCCC/C=C\CCCCCCCCCC(=O)OCCCCCCCCC/C=C\CCCCCCCC(=O)NC(CO)C(O)CCCCCCCCCCCCCCCCC. The molecule has 0 bridgehead atoms. The maximum atomic E-state index is 12.5. The Kier molecular flexibility index (Phi) is 53.5. The zero-order valence-electron chi connectivity index (χ0n) is 43.7. The standard InChI is InChI=1S/C59H113NO5/c1-3-5-7-9-11-13-15-17-19-20-25-29-33-37-41-45-49-53-59(64)65-54-50-46-42-38-34-30-26-22-21-24-28-32-36-40-44-48-52-58(63)60-56(55-61)57(62)51-47-43-39-35-31-27-23-18-16-14-12-10-8-6-4-2/h17,19,21,24,56-57,61-62H,3-16,18,20,22-23,25-55H2,1-2H3,(H,60,63)/b19-17-,24-21-. The third-order valence-electron chi connectivity index (χ3n) is 13.5. The predicted molar refractivity (Wildman–Crippen MR) is 283 cm³/mol. The Labute approximate surface area is 405 Å². The Morgan fingerprint density at radius 2 is 0.723 bits per heavy atom. The number of hydrogen-bond acceptors (Lipinski definition) is 5. The quantitative estimate of drug-likeness (QED) is 0.0321. The van der Waals surface area contributed by atoms with Crippen molar-refractivity contribution in [2.45, 2.75) is 328 Å². The van der Waals surface area contributed by atoms with Crippen LogP contribution in [0.25, 0.3) is 0 Å². The number of carbonyl (C=O) groups excluding carboxylic acids is 2. The second kappa shape index (κ2) is 54.9. The van der Waals surface area contributed by atoms with Gasteiger partial charge in [0, 0.05) is 12.8 Å². The number of aliphatic hydroxyl groups is 2. The number of rotatable bonds is 54. The molecular formula is C59H113NO5. The third kappa shape index (κ3) is 51.6. The van der Waals surface area contributed by atoms with E-state index in [4.69, 9.17) is 4.74 Å². The third-order valence-corrected chi connectivity index (χ3v) is 13.5. The normalized spacial score (nSPS) is 12.7. The van der Waals surface area contributed by atoms with Crippen molar-refractivity contribution in [3.63, 3.8) is 0 Å². The van der Waals surface area contributed by atoms with Crippen molar-refractivity contribution in [1.29, 1.82) is 0 Å². The van der Waals surface area contributed by atoms with Crippen LogP contribution in [0.3, 0.4) is 0 Å². The molecule has 0 aliphatic heterocycles. The molecule has 0 saturated carbocycles. The van der Waals surface area contributed by atoms with Gasteiger partial charge in [-0.1, -0.05) is 250 Å². The summed E-state index contributed by atoms with van der Waals surface area (Å²) in [4.78, 5) is 24.5. The molecule has 2 unspecified atom stereocenters. The van der Waals surface area contributed by atoms with E-state index in [1.54, 1.807) is 0 Å². The van der Waals surface area contributed by atoms with Gasteiger partial charge >= 0.3 is 5.97 Å². The van der Waals surface area contributed by atoms with Crippen molar-refractivity contribution < 1.29 is 24.5 Å². The minimum atomic E-state index is -0.674. The van der Waals surface area contributed by atoms with E-state index in [0.717, 1.165) is 64.2 Å². The largest absolute Gasteiger partial charge is 0.466 e. The summed E-state index contributed by atoms with van der Waals surface area (Å²) >= 11 is 0. The van der Waals surface area contributed by atoms with Gasteiger partial charge in [-0.2, -0.15) is 0 Å². The van der Waals surface area contributed by atoms with Crippen LogP contribution in [0, 0.1) is 0 Å². The Morgan fingerprint density at radius 1 is 0.415 bits per heavy atom. The number of aliphatic hydroxyl groups excluding tert-OH is 2. The zero-order valence-corrected chi connectivity index (χ0v) is 43.7. The van der Waals surface area contributed by atoms with Crippen LogP contribution in [0.4, 0.5) is 0 Å². The molecule has 0 saturated heterocycles. The monoisotopic (exact) mass is 916 g/mol. The molecule has 0 spiro atoms. The summed E-state index contributed by atoms with van der Waals surface area (Å²) in [5.41, 5.74) is 0. The van der Waals surface area contributed by atoms with Crippen LogP contribution < -0.4 is 5.32 Å². The first-order valence-corrected chi connectivity index (χ1v) is 29.1. The van der Waals surface area contributed by atoms with Gasteiger partial charge in [0.15, 0.2) is 0 Å². The molecule has 0 aromatic rings. The topological polar surface area (TPSA) is 95.9 Å². The first-order chi connectivity index (χ1) is 32.0. The molecule has 1 amide bonds. The summed E-state index contributed by atoms with van der Waals surface area (Å²) < 4.78 is 5.48. The lowest BCUT2D eigenvalue weighted by Gasteiger charge is -2.22. The molecule has 0 rings (SSSR count). The lowest BCUT2D eigenvalue weighted by Crippen LogP contribution is -2.45. The molecule has 0 fully saturated rings. The van der Waals surface area contributed by atoms with E-state index in [1.165, 1.54) is 218 Å². The molecule has 0 aromatic carbocycles. The van der Waals surface area contributed by atoms with Crippen molar-refractivity contribution >= 4 is 11.9 Å². The maximum Gasteiger partial charge on any atom is 0.305 e. The fraction of sp³-hybridized carbons (Fsp3) is 0.898. The fourth-order valence-corrected chi connectivity index (χ4v) is 8.98. The molecule has 2 atom stereocenters. The summed E-state index contributed by atoms with van der Waals surface area (Å²) in [6, 6.07) is -0.553. The number of allylic oxidation sites excluding steroid dienone is 4. The molecule has 0 aliphatic carbocycles. The van der Waals surface area contributed by atoms with E-state index in [2.05, 4.69) is 43.5 Å². The maximum absolute atomic E-state index is 12.5. The zero-order chi connectivity index (χ0) is 47.2. The fourth-order valence-electron chi connectivity index (χ4n) is 8.98. The highest BCUT2D eigenvalue weighted by Gasteiger charge is 2.20. The summed E-state index contributed by atoms with van der Waals surface area (Å²) in [5, 5.41) is 23.3. The Morgan fingerprint density at radius 3 is 1.09 bits per heavy atom.